The van der Waals surface area contributed by atoms with Crippen LogP contribution < -0.4 is 0 Å². The van der Waals surface area contributed by atoms with E-state index in [1.807, 2.05) is 18.2 Å². The summed E-state index contributed by atoms with van der Waals surface area (Å²) in [7, 11) is 0. The number of carbonyl (C=O) groups is 2. The van der Waals surface area contributed by atoms with Gasteiger partial charge in [-0.3, -0.25) is 4.79 Å². The van der Waals surface area contributed by atoms with E-state index in [-0.39, 0.29) is 11.9 Å². The number of carbonyl (C=O) groups excluding carboxylic acids is 1. The van der Waals surface area contributed by atoms with Gasteiger partial charge in [-0.25, -0.2) is 4.79 Å². The molecule has 2 rings (SSSR count). The molecule has 0 bridgehead atoms. The summed E-state index contributed by atoms with van der Waals surface area (Å²) >= 11 is 6.15. The van der Waals surface area contributed by atoms with Gasteiger partial charge < -0.3 is 10.0 Å². The molecule has 1 saturated heterocycles. The van der Waals surface area contributed by atoms with Gasteiger partial charge in [0.25, 0.3) is 0 Å². The Kier molecular flexibility index (Phi) is 4.22. The molecule has 100 valence electrons. The fourth-order valence-corrected chi connectivity index (χ4v) is 2.60. The van der Waals surface area contributed by atoms with Crippen LogP contribution in [0.4, 0.5) is 0 Å². The van der Waals surface area contributed by atoms with Gasteiger partial charge in [0.1, 0.15) is 0 Å². The van der Waals surface area contributed by atoms with Crippen molar-refractivity contribution in [1.82, 2.24) is 4.90 Å². The Hall–Kier alpha value is -1.81. The van der Waals surface area contributed by atoms with E-state index < -0.39 is 5.97 Å². The maximum atomic E-state index is 12.0. The Morgan fingerprint density at radius 2 is 2.05 bits per heavy atom. The number of benzene rings is 1. The summed E-state index contributed by atoms with van der Waals surface area (Å²) in [6.45, 7) is 0.624. The highest BCUT2D eigenvalue weighted by Crippen LogP contribution is 2.35. The fourth-order valence-electron chi connectivity index (χ4n) is 2.34. The second kappa shape index (κ2) is 5.89. The van der Waals surface area contributed by atoms with Crippen molar-refractivity contribution in [2.45, 2.75) is 18.9 Å². The smallest absolute Gasteiger partial charge is 0.328 e. The lowest BCUT2D eigenvalue weighted by atomic mass is 10.0. The standard InChI is InChI=1S/C14H14ClNO3/c15-11-5-2-1-4-10(11)12-6-3-9-16(12)13(17)7-8-14(18)19/h1-2,4-5,7-8,12H,3,6,9H2,(H,18,19)/b8-7+. The minimum atomic E-state index is -1.12. The Morgan fingerprint density at radius 1 is 1.32 bits per heavy atom. The lowest BCUT2D eigenvalue weighted by Crippen LogP contribution is -2.29. The minimum absolute atomic E-state index is 0.0698. The lowest BCUT2D eigenvalue weighted by molar-refractivity contribution is -0.132. The SMILES string of the molecule is O=C(O)/C=C/C(=O)N1CCCC1c1ccccc1Cl. The third-order valence-corrected chi connectivity index (χ3v) is 3.51. The zero-order chi connectivity index (χ0) is 13.8. The summed E-state index contributed by atoms with van der Waals surface area (Å²) in [5.41, 5.74) is 0.916. The van der Waals surface area contributed by atoms with Crippen LogP contribution in [0.3, 0.4) is 0 Å². The van der Waals surface area contributed by atoms with Crippen molar-refractivity contribution >= 4 is 23.5 Å². The molecule has 1 fully saturated rings. The summed E-state index contributed by atoms with van der Waals surface area (Å²) in [5.74, 6) is -1.41. The van der Waals surface area contributed by atoms with Gasteiger partial charge in [-0.15, -0.1) is 0 Å². The van der Waals surface area contributed by atoms with Crippen molar-refractivity contribution in [2.24, 2.45) is 0 Å². The molecule has 0 spiro atoms. The van der Waals surface area contributed by atoms with Crippen molar-refractivity contribution in [3.63, 3.8) is 0 Å². The number of carboxylic acids is 1. The summed E-state index contributed by atoms with van der Waals surface area (Å²) < 4.78 is 0. The molecule has 0 saturated carbocycles. The number of carboxylic acid groups (broad SMARTS) is 1. The average molecular weight is 280 g/mol. The van der Waals surface area contributed by atoms with Crippen LogP contribution in [-0.2, 0) is 9.59 Å². The first-order valence-electron chi connectivity index (χ1n) is 6.05. The van der Waals surface area contributed by atoms with E-state index in [2.05, 4.69) is 0 Å². The van der Waals surface area contributed by atoms with E-state index in [0.717, 1.165) is 30.6 Å². The van der Waals surface area contributed by atoms with Crippen LogP contribution in [0, 0.1) is 0 Å². The van der Waals surface area contributed by atoms with Crippen LogP contribution in [0.1, 0.15) is 24.4 Å². The zero-order valence-corrected chi connectivity index (χ0v) is 11.0. The summed E-state index contributed by atoms with van der Waals surface area (Å²) in [5, 5.41) is 9.19. The third kappa shape index (κ3) is 3.15. The molecular formula is C14H14ClNO3. The molecule has 1 aliphatic heterocycles. The minimum Gasteiger partial charge on any atom is -0.478 e. The predicted molar refractivity (Wildman–Crippen MR) is 71.9 cm³/mol. The molecular weight excluding hydrogens is 266 g/mol. The van der Waals surface area contributed by atoms with Crippen molar-refractivity contribution in [2.75, 3.05) is 6.54 Å². The van der Waals surface area contributed by atoms with E-state index >= 15 is 0 Å². The molecule has 1 amide bonds. The highest BCUT2D eigenvalue weighted by Gasteiger charge is 2.29. The van der Waals surface area contributed by atoms with E-state index in [1.165, 1.54) is 0 Å². The molecule has 1 N–H and O–H groups in total. The van der Waals surface area contributed by atoms with Crippen LogP contribution in [-0.4, -0.2) is 28.4 Å². The Morgan fingerprint density at radius 3 is 2.74 bits per heavy atom. The second-order valence-corrected chi connectivity index (χ2v) is 4.79. The van der Waals surface area contributed by atoms with Gasteiger partial charge in [0.2, 0.25) is 5.91 Å². The molecule has 19 heavy (non-hydrogen) atoms. The van der Waals surface area contributed by atoms with Gasteiger partial charge in [-0.1, -0.05) is 29.8 Å². The first-order valence-corrected chi connectivity index (χ1v) is 6.43. The summed E-state index contributed by atoms with van der Waals surface area (Å²) in [6.07, 6.45) is 3.70. The highest BCUT2D eigenvalue weighted by molar-refractivity contribution is 6.31. The van der Waals surface area contributed by atoms with E-state index in [0.29, 0.717) is 11.6 Å². The van der Waals surface area contributed by atoms with Gasteiger partial charge in [0.05, 0.1) is 6.04 Å². The molecule has 4 nitrogen and oxygen atoms in total. The molecule has 0 aliphatic carbocycles. The molecule has 0 radical (unpaired) electrons. The molecule has 5 heteroatoms. The topological polar surface area (TPSA) is 57.6 Å². The number of hydrogen-bond donors (Lipinski definition) is 1. The predicted octanol–water partition coefficient (Wildman–Crippen LogP) is 2.64. The van der Waals surface area contributed by atoms with Crippen molar-refractivity contribution in [3.8, 4) is 0 Å². The number of rotatable bonds is 3. The number of likely N-dealkylation sites (tertiary alicyclic amines) is 1. The Balaban J connectivity index is 2.20. The largest absolute Gasteiger partial charge is 0.478 e. The monoisotopic (exact) mass is 279 g/mol. The summed E-state index contributed by atoms with van der Waals surface area (Å²) in [6, 6.07) is 7.36. The fraction of sp³-hybridized carbons (Fsp3) is 0.286. The van der Waals surface area contributed by atoms with Crippen molar-refractivity contribution in [1.29, 1.82) is 0 Å². The quantitative estimate of drug-likeness (QED) is 0.866. The van der Waals surface area contributed by atoms with Crippen LogP contribution >= 0.6 is 11.6 Å². The first-order chi connectivity index (χ1) is 9.09. The second-order valence-electron chi connectivity index (χ2n) is 4.38. The highest BCUT2D eigenvalue weighted by atomic mass is 35.5. The number of hydrogen-bond acceptors (Lipinski definition) is 2. The average Bonchev–Trinajstić information content (AvgIpc) is 2.85. The lowest BCUT2D eigenvalue weighted by Gasteiger charge is -2.24. The van der Waals surface area contributed by atoms with Gasteiger partial charge in [-0.2, -0.15) is 0 Å². The molecule has 1 aromatic carbocycles. The van der Waals surface area contributed by atoms with Crippen LogP contribution in [0.15, 0.2) is 36.4 Å². The molecule has 1 atom stereocenters. The van der Waals surface area contributed by atoms with Gasteiger partial charge >= 0.3 is 5.97 Å². The Labute approximate surface area is 116 Å². The molecule has 0 aromatic heterocycles. The van der Waals surface area contributed by atoms with Crippen LogP contribution in [0.2, 0.25) is 5.02 Å². The Bertz CT molecular complexity index is 527. The van der Waals surface area contributed by atoms with Crippen molar-refractivity contribution in [3.05, 3.63) is 47.0 Å². The normalized spacial score (nSPS) is 19.0. The maximum Gasteiger partial charge on any atom is 0.328 e. The summed E-state index contributed by atoms with van der Waals surface area (Å²) in [4.78, 5) is 24.1. The van der Waals surface area contributed by atoms with Gasteiger partial charge in [0, 0.05) is 23.7 Å². The van der Waals surface area contributed by atoms with Crippen LogP contribution in [0.25, 0.3) is 0 Å². The molecule has 1 aromatic rings. The van der Waals surface area contributed by atoms with E-state index in [9.17, 15) is 9.59 Å². The van der Waals surface area contributed by atoms with E-state index in [1.54, 1.807) is 11.0 Å². The zero-order valence-electron chi connectivity index (χ0n) is 10.3. The van der Waals surface area contributed by atoms with Crippen molar-refractivity contribution < 1.29 is 14.7 Å². The molecule has 1 aliphatic rings. The third-order valence-electron chi connectivity index (χ3n) is 3.17. The van der Waals surface area contributed by atoms with E-state index in [4.69, 9.17) is 16.7 Å². The number of halogens is 1. The molecule has 1 unspecified atom stereocenters. The maximum absolute atomic E-state index is 12.0. The van der Waals surface area contributed by atoms with Crippen LogP contribution in [0.5, 0.6) is 0 Å². The number of amides is 1. The molecule has 1 heterocycles. The van der Waals surface area contributed by atoms with Gasteiger partial charge in [0.15, 0.2) is 0 Å². The van der Waals surface area contributed by atoms with Gasteiger partial charge in [-0.05, 0) is 24.5 Å². The number of aliphatic carboxylic acids is 1. The first kappa shape index (κ1) is 13.6. The number of nitrogens with zero attached hydrogens (tertiary/aromatic N) is 1.